The number of anilines is 1. The van der Waals surface area contributed by atoms with Crippen LogP contribution in [0.4, 0.5) is 18.9 Å². The summed E-state index contributed by atoms with van der Waals surface area (Å²) >= 11 is 3.10. The zero-order chi connectivity index (χ0) is 13.2. The molecule has 0 bridgehead atoms. The zero-order valence-corrected chi connectivity index (χ0v) is 10.4. The minimum atomic E-state index is -4.54. The van der Waals surface area contributed by atoms with Crippen LogP contribution in [0.5, 0.6) is 0 Å². The van der Waals surface area contributed by atoms with E-state index in [4.69, 9.17) is 5.73 Å². The van der Waals surface area contributed by atoms with Crippen LogP contribution >= 0.6 is 15.9 Å². The number of nitrogen functional groups attached to an aromatic ring is 1. The zero-order valence-electron chi connectivity index (χ0n) is 8.77. The van der Waals surface area contributed by atoms with Gasteiger partial charge in [-0.25, -0.2) is 4.79 Å². The van der Waals surface area contributed by atoms with Gasteiger partial charge < -0.3 is 10.5 Å². The van der Waals surface area contributed by atoms with E-state index in [1.165, 1.54) is 13.0 Å². The van der Waals surface area contributed by atoms with E-state index in [1.54, 1.807) is 6.07 Å². The molecule has 0 saturated carbocycles. The first kappa shape index (κ1) is 13.8. The van der Waals surface area contributed by atoms with Crippen molar-refractivity contribution in [1.82, 2.24) is 0 Å². The van der Waals surface area contributed by atoms with Crippen molar-refractivity contribution >= 4 is 27.6 Å². The Morgan fingerprint density at radius 3 is 2.59 bits per heavy atom. The number of ether oxygens (including phenoxy) is 1. The van der Waals surface area contributed by atoms with Crippen molar-refractivity contribution in [2.45, 2.75) is 13.1 Å². The molecule has 0 aromatic heterocycles. The topological polar surface area (TPSA) is 52.3 Å². The van der Waals surface area contributed by atoms with E-state index >= 15 is 0 Å². The molecule has 94 valence electrons. The van der Waals surface area contributed by atoms with Crippen LogP contribution in [0, 0.1) is 6.92 Å². The maximum atomic E-state index is 11.9. The standard InChI is InChI=1S/C10H9BrF3NO2/c1-5-7(2-6(11)3-8(5)15)9(16)17-4-10(12,13)14/h2-3H,4,15H2,1H3. The van der Waals surface area contributed by atoms with Crippen molar-refractivity contribution in [3.05, 3.63) is 27.7 Å². The molecule has 0 radical (unpaired) electrons. The lowest BCUT2D eigenvalue weighted by atomic mass is 10.1. The molecule has 0 amide bonds. The Bertz CT molecular complexity index is 446. The molecule has 7 heteroatoms. The van der Waals surface area contributed by atoms with Gasteiger partial charge in [-0.1, -0.05) is 15.9 Å². The highest BCUT2D eigenvalue weighted by Gasteiger charge is 2.30. The van der Waals surface area contributed by atoms with Crippen LogP contribution in [0.3, 0.4) is 0 Å². The summed E-state index contributed by atoms with van der Waals surface area (Å²) in [5, 5.41) is 0. The molecular weight excluding hydrogens is 303 g/mol. The Morgan fingerprint density at radius 1 is 1.47 bits per heavy atom. The fourth-order valence-electron chi connectivity index (χ4n) is 1.14. The van der Waals surface area contributed by atoms with Gasteiger partial charge in [-0.3, -0.25) is 0 Å². The molecule has 1 aromatic carbocycles. The predicted octanol–water partition coefficient (Wildman–Crippen LogP) is 3.06. The van der Waals surface area contributed by atoms with E-state index in [1.807, 2.05) is 0 Å². The first-order valence-electron chi connectivity index (χ1n) is 4.50. The van der Waals surface area contributed by atoms with Crippen LogP contribution in [0.25, 0.3) is 0 Å². The molecule has 1 aromatic rings. The molecule has 0 heterocycles. The van der Waals surface area contributed by atoms with Crippen LogP contribution in [0.15, 0.2) is 16.6 Å². The van der Waals surface area contributed by atoms with Gasteiger partial charge >= 0.3 is 12.1 Å². The molecule has 0 aliphatic rings. The molecular formula is C10H9BrF3NO2. The number of hydrogen-bond donors (Lipinski definition) is 1. The Balaban J connectivity index is 2.90. The summed E-state index contributed by atoms with van der Waals surface area (Å²) in [6.07, 6.45) is -4.54. The van der Waals surface area contributed by atoms with E-state index in [0.717, 1.165) is 0 Å². The van der Waals surface area contributed by atoms with Crippen LogP contribution in [-0.4, -0.2) is 18.8 Å². The van der Waals surface area contributed by atoms with Gasteiger partial charge in [0.15, 0.2) is 6.61 Å². The van der Waals surface area contributed by atoms with E-state index in [9.17, 15) is 18.0 Å². The number of rotatable bonds is 2. The lowest BCUT2D eigenvalue weighted by molar-refractivity contribution is -0.161. The number of carbonyl (C=O) groups excluding carboxylic acids is 1. The van der Waals surface area contributed by atoms with Gasteiger partial charge in [-0.2, -0.15) is 13.2 Å². The minimum absolute atomic E-state index is 0.0149. The van der Waals surface area contributed by atoms with Gasteiger partial charge in [0, 0.05) is 10.2 Å². The van der Waals surface area contributed by atoms with Crippen molar-refractivity contribution in [3.8, 4) is 0 Å². The molecule has 3 nitrogen and oxygen atoms in total. The molecule has 0 unspecified atom stereocenters. The van der Waals surface area contributed by atoms with Crippen LogP contribution in [0.1, 0.15) is 15.9 Å². The number of halogens is 4. The summed E-state index contributed by atoms with van der Waals surface area (Å²) in [4.78, 5) is 11.4. The van der Waals surface area contributed by atoms with Crippen molar-refractivity contribution in [2.24, 2.45) is 0 Å². The van der Waals surface area contributed by atoms with Crippen molar-refractivity contribution < 1.29 is 22.7 Å². The highest BCUT2D eigenvalue weighted by Crippen LogP contribution is 2.24. The average Bonchev–Trinajstić information content (AvgIpc) is 2.19. The maximum absolute atomic E-state index is 11.9. The average molecular weight is 312 g/mol. The second-order valence-corrected chi connectivity index (χ2v) is 4.27. The van der Waals surface area contributed by atoms with Crippen LogP contribution < -0.4 is 5.73 Å². The molecule has 0 spiro atoms. The Morgan fingerprint density at radius 2 is 2.06 bits per heavy atom. The third kappa shape index (κ3) is 3.92. The summed E-state index contributed by atoms with van der Waals surface area (Å²) in [6.45, 7) is -0.0797. The number of nitrogens with two attached hydrogens (primary N) is 1. The first-order valence-corrected chi connectivity index (χ1v) is 5.29. The maximum Gasteiger partial charge on any atom is 0.422 e. The van der Waals surface area contributed by atoms with Gasteiger partial charge in [0.1, 0.15) is 0 Å². The highest BCUT2D eigenvalue weighted by molar-refractivity contribution is 9.10. The predicted molar refractivity (Wildman–Crippen MR) is 59.6 cm³/mol. The fraction of sp³-hybridized carbons (Fsp3) is 0.300. The first-order chi connectivity index (χ1) is 7.70. The monoisotopic (exact) mass is 311 g/mol. The molecule has 0 saturated heterocycles. The van der Waals surface area contributed by atoms with Gasteiger partial charge in [0.2, 0.25) is 0 Å². The Labute approximate surface area is 104 Å². The summed E-state index contributed by atoms with van der Waals surface area (Å²) in [6, 6.07) is 2.92. The summed E-state index contributed by atoms with van der Waals surface area (Å²) in [5.74, 6) is -1.05. The van der Waals surface area contributed by atoms with E-state index < -0.39 is 18.8 Å². The minimum Gasteiger partial charge on any atom is -0.452 e. The third-order valence-corrected chi connectivity index (χ3v) is 2.46. The van der Waals surface area contributed by atoms with Gasteiger partial charge in [0.25, 0.3) is 0 Å². The van der Waals surface area contributed by atoms with Gasteiger partial charge in [-0.15, -0.1) is 0 Å². The number of carbonyl (C=O) groups is 1. The van der Waals surface area contributed by atoms with E-state index in [2.05, 4.69) is 20.7 Å². The molecule has 0 atom stereocenters. The fourth-order valence-corrected chi connectivity index (χ4v) is 1.61. The largest absolute Gasteiger partial charge is 0.452 e. The van der Waals surface area contributed by atoms with E-state index in [0.29, 0.717) is 15.7 Å². The molecule has 1 rings (SSSR count). The van der Waals surface area contributed by atoms with Crippen LogP contribution in [-0.2, 0) is 4.74 Å². The van der Waals surface area contributed by atoms with E-state index in [-0.39, 0.29) is 5.56 Å². The van der Waals surface area contributed by atoms with Gasteiger partial charge in [-0.05, 0) is 24.6 Å². The SMILES string of the molecule is Cc1c(N)cc(Br)cc1C(=O)OCC(F)(F)F. The highest BCUT2D eigenvalue weighted by atomic mass is 79.9. The number of esters is 1. The smallest absolute Gasteiger partial charge is 0.422 e. The Hall–Kier alpha value is -1.24. The van der Waals surface area contributed by atoms with Crippen molar-refractivity contribution in [1.29, 1.82) is 0 Å². The van der Waals surface area contributed by atoms with Crippen molar-refractivity contribution in [2.75, 3.05) is 12.3 Å². The second-order valence-electron chi connectivity index (χ2n) is 3.36. The number of hydrogen-bond acceptors (Lipinski definition) is 3. The summed E-state index contributed by atoms with van der Waals surface area (Å²) in [5.41, 5.74) is 6.29. The Kier molecular flexibility index (Phi) is 4.03. The molecule has 17 heavy (non-hydrogen) atoms. The number of alkyl halides is 3. The lowest BCUT2D eigenvalue weighted by Crippen LogP contribution is -2.21. The molecule has 0 aliphatic heterocycles. The lowest BCUT2D eigenvalue weighted by Gasteiger charge is -2.11. The molecule has 0 aliphatic carbocycles. The third-order valence-electron chi connectivity index (χ3n) is 2.00. The summed E-state index contributed by atoms with van der Waals surface area (Å²) in [7, 11) is 0. The second kappa shape index (κ2) is 4.95. The molecule has 2 N–H and O–H groups in total. The summed E-state index contributed by atoms with van der Waals surface area (Å²) < 4.78 is 40.3. The van der Waals surface area contributed by atoms with Crippen molar-refractivity contribution in [3.63, 3.8) is 0 Å². The molecule has 0 fully saturated rings. The van der Waals surface area contributed by atoms with Gasteiger partial charge in [0.05, 0.1) is 5.56 Å². The quantitative estimate of drug-likeness (QED) is 0.674. The number of benzene rings is 1. The normalized spacial score (nSPS) is 11.4. The van der Waals surface area contributed by atoms with Crippen LogP contribution in [0.2, 0.25) is 0 Å².